The number of halogens is 1. The third-order valence-electron chi connectivity index (χ3n) is 2.81. The Hall–Kier alpha value is -2.61. The molecule has 4 N–H and O–H groups in total. The molecule has 6 nitrogen and oxygen atoms in total. The number of anilines is 2. The molecule has 0 fully saturated rings. The first-order chi connectivity index (χ1) is 10.3. The summed E-state index contributed by atoms with van der Waals surface area (Å²) in [4.78, 5) is 11.2. The van der Waals surface area contributed by atoms with E-state index in [1.807, 2.05) is 0 Å². The van der Waals surface area contributed by atoms with Crippen LogP contribution in [0.15, 0.2) is 53.4 Å². The highest BCUT2D eigenvalue weighted by Crippen LogP contribution is 2.17. The SMILES string of the molecule is Nc1ccc(CNC(=O)Nc2cccc(S(=O)(=O)F)c2)cc1. The minimum atomic E-state index is -4.80. The Morgan fingerprint density at radius 1 is 1.14 bits per heavy atom. The number of nitrogen functional groups attached to an aromatic ring is 1. The Kier molecular flexibility index (Phi) is 4.62. The molecule has 2 rings (SSSR count). The van der Waals surface area contributed by atoms with Crippen LogP contribution < -0.4 is 16.4 Å². The van der Waals surface area contributed by atoms with Gasteiger partial charge in [-0.2, -0.15) is 8.42 Å². The molecule has 0 aliphatic heterocycles. The molecule has 0 aromatic heterocycles. The molecule has 116 valence electrons. The number of carbonyl (C=O) groups is 1. The lowest BCUT2D eigenvalue weighted by Gasteiger charge is -2.08. The van der Waals surface area contributed by atoms with Crippen LogP contribution in [0, 0.1) is 0 Å². The van der Waals surface area contributed by atoms with E-state index in [0.717, 1.165) is 17.7 Å². The summed E-state index contributed by atoms with van der Waals surface area (Å²) in [6.07, 6.45) is 0. The lowest BCUT2D eigenvalue weighted by Crippen LogP contribution is -2.28. The highest BCUT2D eigenvalue weighted by Gasteiger charge is 2.12. The molecule has 0 radical (unpaired) electrons. The molecule has 0 aliphatic carbocycles. The first kappa shape index (κ1) is 15.8. The summed E-state index contributed by atoms with van der Waals surface area (Å²) in [5.74, 6) is 0. The summed E-state index contributed by atoms with van der Waals surface area (Å²) < 4.78 is 34.5. The fraction of sp³-hybridized carbons (Fsp3) is 0.0714. The second-order valence-corrected chi connectivity index (χ2v) is 5.86. The summed E-state index contributed by atoms with van der Waals surface area (Å²) >= 11 is 0. The molecule has 0 aliphatic rings. The minimum absolute atomic E-state index is 0.175. The Morgan fingerprint density at radius 3 is 2.45 bits per heavy atom. The van der Waals surface area contributed by atoms with Gasteiger partial charge in [-0.3, -0.25) is 0 Å². The van der Waals surface area contributed by atoms with Crippen molar-refractivity contribution >= 4 is 27.6 Å². The van der Waals surface area contributed by atoms with Crippen LogP contribution in [0.25, 0.3) is 0 Å². The number of carbonyl (C=O) groups excluding carboxylic acids is 1. The number of nitrogens with two attached hydrogens (primary N) is 1. The number of hydrogen-bond donors (Lipinski definition) is 3. The highest BCUT2D eigenvalue weighted by molar-refractivity contribution is 7.86. The molecular weight excluding hydrogens is 309 g/mol. The normalized spacial score (nSPS) is 11.0. The third-order valence-corrected chi connectivity index (χ3v) is 3.62. The topological polar surface area (TPSA) is 101 Å². The first-order valence-corrected chi connectivity index (χ1v) is 7.67. The van der Waals surface area contributed by atoms with Gasteiger partial charge in [-0.1, -0.05) is 18.2 Å². The van der Waals surface area contributed by atoms with Gasteiger partial charge in [0.1, 0.15) is 4.90 Å². The molecule has 0 heterocycles. The smallest absolute Gasteiger partial charge is 0.332 e. The Balaban J connectivity index is 1.96. The maximum atomic E-state index is 12.9. The van der Waals surface area contributed by atoms with Crippen molar-refractivity contribution in [2.75, 3.05) is 11.1 Å². The van der Waals surface area contributed by atoms with Crippen molar-refractivity contribution in [2.24, 2.45) is 0 Å². The van der Waals surface area contributed by atoms with Crippen LogP contribution in [-0.2, 0) is 16.8 Å². The zero-order valence-corrected chi connectivity index (χ0v) is 12.2. The van der Waals surface area contributed by atoms with E-state index in [0.29, 0.717) is 5.69 Å². The van der Waals surface area contributed by atoms with Crippen LogP contribution in [-0.4, -0.2) is 14.4 Å². The number of benzene rings is 2. The summed E-state index contributed by atoms with van der Waals surface area (Å²) in [6.45, 7) is 0.271. The number of hydrogen-bond acceptors (Lipinski definition) is 4. The van der Waals surface area contributed by atoms with Gasteiger partial charge in [0, 0.05) is 17.9 Å². The van der Waals surface area contributed by atoms with E-state index in [2.05, 4.69) is 10.6 Å². The molecule has 0 spiro atoms. The molecule has 2 aromatic rings. The molecule has 0 saturated heterocycles. The van der Waals surface area contributed by atoms with Gasteiger partial charge >= 0.3 is 16.3 Å². The quantitative estimate of drug-likeness (QED) is 0.593. The van der Waals surface area contributed by atoms with E-state index in [9.17, 15) is 17.1 Å². The van der Waals surface area contributed by atoms with Gasteiger partial charge in [-0.05, 0) is 35.9 Å². The monoisotopic (exact) mass is 323 g/mol. The Bertz CT molecular complexity index is 776. The molecule has 8 heteroatoms. The van der Waals surface area contributed by atoms with Crippen LogP contribution in [0.1, 0.15) is 5.56 Å². The second kappa shape index (κ2) is 6.44. The van der Waals surface area contributed by atoms with Crippen molar-refractivity contribution < 1.29 is 17.1 Å². The summed E-state index contributed by atoms with van der Waals surface area (Å²) in [5, 5.41) is 5.02. The van der Waals surface area contributed by atoms with Crippen molar-refractivity contribution in [3.05, 3.63) is 54.1 Å². The molecule has 0 unspecified atom stereocenters. The summed E-state index contributed by atoms with van der Waals surface area (Å²) in [5.41, 5.74) is 7.20. The molecule has 2 amide bonds. The molecule has 0 saturated carbocycles. The first-order valence-electron chi connectivity index (χ1n) is 6.28. The van der Waals surface area contributed by atoms with Crippen LogP contribution in [0.4, 0.5) is 20.1 Å². The van der Waals surface area contributed by atoms with Gasteiger partial charge in [-0.15, -0.1) is 3.89 Å². The molecule has 22 heavy (non-hydrogen) atoms. The van der Waals surface area contributed by atoms with Crippen molar-refractivity contribution in [3.8, 4) is 0 Å². The number of nitrogens with one attached hydrogen (secondary N) is 2. The summed E-state index contributed by atoms with van der Waals surface area (Å²) in [7, 11) is -4.80. The maximum absolute atomic E-state index is 12.9. The lowest BCUT2D eigenvalue weighted by atomic mass is 10.2. The number of urea groups is 1. The molecule has 0 bridgehead atoms. The molecular formula is C14H14FN3O3S. The van der Waals surface area contributed by atoms with E-state index in [4.69, 9.17) is 5.73 Å². The standard InChI is InChI=1S/C14H14FN3O3S/c15-22(20,21)13-3-1-2-12(8-13)18-14(19)17-9-10-4-6-11(16)7-5-10/h1-8H,9,16H2,(H2,17,18,19). The van der Waals surface area contributed by atoms with E-state index in [1.54, 1.807) is 24.3 Å². The van der Waals surface area contributed by atoms with Gasteiger partial charge in [-0.25, -0.2) is 4.79 Å². The van der Waals surface area contributed by atoms with Crippen molar-refractivity contribution in [1.82, 2.24) is 5.32 Å². The number of rotatable bonds is 4. The van der Waals surface area contributed by atoms with Gasteiger partial charge in [0.15, 0.2) is 0 Å². The third kappa shape index (κ3) is 4.45. The van der Waals surface area contributed by atoms with Crippen LogP contribution in [0.5, 0.6) is 0 Å². The van der Waals surface area contributed by atoms with Gasteiger partial charge < -0.3 is 16.4 Å². The maximum Gasteiger partial charge on any atom is 0.332 e. The van der Waals surface area contributed by atoms with Gasteiger partial charge in [0.05, 0.1) is 0 Å². The predicted molar refractivity (Wildman–Crippen MR) is 81.4 cm³/mol. The zero-order chi connectivity index (χ0) is 16.2. The Labute approximate surface area is 127 Å². The van der Waals surface area contributed by atoms with E-state index >= 15 is 0 Å². The fourth-order valence-electron chi connectivity index (χ4n) is 1.72. The average Bonchev–Trinajstić information content (AvgIpc) is 2.46. The van der Waals surface area contributed by atoms with Crippen LogP contribution >= 0.6 is 0 Å². The lowest BCUT2D eigenvalue weighted by molar-refractivity contribution is 0.251. The van der Waals surface area contributed by atoms with E-state index < -0.39 is 21.1 Å². The number of amides is 2. The second-order valence-electron chi connectivity index (χ2n) is 4.51. The highest BCUT2D eigenvalue weighted by atomic mass is 32.3. The predicted octanol–water partition coefficient (Wildman–Crippen LogP) is 2.25. The molecule has 0 atom stereocenters. The van der Waals surface area contributed by atoms with E-state index in [-0.39, 0.29) is 12.2 Å². The van der Waals surface area contributed by atoms with Crippen molar-refractivity contribution in [2.45, 2.75) is 11.4 Å². The zero-order valence-electron chi connectivity index (χ0n) is 11.4. The van der Waals surface area contributed by atoms with Gasteiger partial charge in [0.2, 0.25) is 0 Å². The fourth-order valence-corrected chi connectivity index (χ4v) is 2.23. The Morgan fingerprint density at radius 2 is 1.82 bits per heavy atom. The van der Waals surface area contributed by atoms with E-state index in [1.165, 1.54) is 12.1 Å². The van der Waals surface area contributed by atoms with Crippen molar-refractivity contribution in [3.63, 3.8) is 0 Å². The average molecular weight is 323 g/mol. The molecule has 2 aromatic carbocycles. The van der Waals surface area contributed by atoms with Crippen LogP contribution in [0.3, 0.4) is 0 Å². The van der Waals surface area contributed by atoms with Crippen molar-refractivity contribution in [1.29, 1.82) is 0 Å². The van der Waals surface area contributed by atoms with Crippen LogP contribution in [0.2, 0.25) is 0 Å². The largest absolute Gasteiger partial charge is 0.399 e. The van der Waals surface area contributed by atoms with Gasteiger partial charge in [0.25, 0.3) is 0 Å². The minimum Gasteiger partial charge on any atom is -0.399 e. The summed E-state index contributed by atoms with van der Waals surface area (Å²) in [6, 6.07) is 11.4.